The van der Waals surface area contributed by atoms with Gasteiger partial charge in [-0.2, -0.15) is 0 Å². The maximum absolute atomic E-state index is 11.5. The molecule has 4 heteroatoms. The Morgan fingerprint density at radius 2 is 1.57 bits per heavy atom. The van der Waals surface area contributed by atoms with Crippen LogP contribution in [-0.2, 0) is 17.8 Å². The molecule has 1 aliphatic carbocycles. The number of carbonyl (C=O) groups is 1. The van der Waals surface area contributed by atoms with E-state index in [2.05, 4.69) is 86.0 Å². The van der Waals surface area contributed by atoms with E-state index in [4.69, 9.17) is 4.99 Å². The largest absolute Gasteiger partial charge is 0.344 e. The van der Waals surface area contributed by atoms with E-state index >= 15 is 0 Å². The molecule has 37 heavy (non-hydrogen) atoms. The van der Waals surface area contributed by atoms with Gasteiger partial charge in [-0.05, 0) is 101 Å². The lowest BCUT2D eigenvalue weighted by molar-refractivity contribution is -0.112. The molecule has 0 spiro atoms. The van der Waals surface area contributed by atoms with Crippen molar-refractivity contribution >= 4 is 17.3 Å². The molecule has 0 unspecified atom stereocenters. The summed E-state index contributed by atoms with van der Waals surface area (Å²) in [5.74, 6) is 1.09. The van der Waals surface area contributed by atoms with E-state index in [1.165, 1.54) is 22.3 Å². The second kappa shape index (κ2) is 14.7. The fraction of sp³-hybridized carbons (Fsp3) is 0.455. The number of rotatable bonds is 11. The Kier molecular flexibility index (Phi) is 11.3. The summed E-state index contributed by atoms with van der Waals surface area (Å²) in [6.45, 7) is 11.0. The van der Waals surface area contributed by atoms with Gasteiger partial charge in [0, 0.05) is 18.3 Å². The lowest BCUT2D eigenvalue weighted by Crippen LogP contribution is -2.34. The summed E-state index contributed by atoms with van der Waals surface area (Å²) in [7, 11) is 0. The van der Waals surface area contributed by atoms with Crippen LogP contribution in [0.1, 0.15) is 89.8 Å². The lowest BCUT2D eigenvalue weighted by atomic mass is 9.91. The van der Waals surface area contributed by atoms with Gasteiger partial charge in [0.2, 0.25) is 0 Å². The molecule has 198 valence electrons. The molecule has 1 fully saturated rings. The minimum atomic E-state index is 0.112. The van der Waals surface area contributed by atoms with Gasteiger partial charge in [-0.1, -0.05) is 67.1 Å². The molecular weight excluding hydrogens is 454 g/mol. The summed E-state index contributed by atoms with van der Waals surface area (Å²) in [6.07, 6.45) is 9.11. The molecule has 1 aliphatic rings. The first-order chi connectivity index (χ1) is 17.8. The molecule has 1 saturated carbocycles. The van der Waals surface area contributed by atoms with E-state index in [-0.39, 0.29) is 5.78 Å². The number of benzene rings is 2. The number of nitrogens with one attached hydrogen (secondary N) is 2. The average molecular weight is 500 g/mol. The molecule has 0 aliphatic heterocycles. The minimum Gasteiger partial charge on any atom is -0.344 e. The molecule has 0 aromatic heterocycles. The molecule has 0 saturated heterocycles. The highest BCUT2D eigenvalue weighted by atomic mass is 16.1. The topological polar surface area (TPSA) is 53.5 Å². The number of carbonyl (C=O) groups excluding carboxylic acids is 1. The fourth-order valence-corrected chi connectivity index (χ4v) is 5.02. The van der Waals surface area contributed by atoms with Crippen molar-refractivity contribution in [2.24, 2.45) is 4.99 Å². The van der Waals surface area contributed by atoms with Crippen molar-refractivity contribution in [3.8, 4) is 0 Å². The van der Waals surface area contributed by atoms with E-state index < -0.39 is 0 Å². The van der Waals surface area contributed by atoms with Crippen molar-refractivity contribution in [2.75, 3.05) is 0 Å². The molecular formula is C33H45N3O. The Morgan fingerprint density at radius 3 is 2.19 bits per heavy atom. The number of hydrogen-bond acceptors (Lipinski definition) is 3. The molecule has 0 amide bonds. The molecule has 0 bridgehead atoms. The highest BCUT2D eigenvalue weighted by Gasteiger charge is 2.20. The van der Waals surface area contributed by atoms with Gasteiger partial charge in [0.15, 0.2) is 5.78 Å². The molecule has 4 nitrogen and oxygen atoms in total. The standard InChI is InChI=1S/C33H45N3O/c1-6-28-14-16-30(17-15-28)33(25(3)13-12-24(2)22-26(4)37)36-27(5)35-32-20-18-31(19-21-32)34-23-29-10-8-7-9-11-29/h7-11,14-17,22,31-32,34H,6,12-13,18-21,23H2,1-5H3,(H,35,36)/b24-22+,33-25+. The molecule has 2 N–H and O–H groups in total. The third-order valence-electron chi connectivity index (χ3n) is 7.24. The summed E-state index contributed by atoms with van der Waals surface area (Å²) in [5.41, 5.74) is 7.41. The third-order valence-corrected chi connectivity index (χ3v) is 7.24. The van der Waals surface area contributed by atoms with Crippen LogP contribution in [0, 0.1) is 0 Å². The van der Waals surface area contributed by atoms with Crippen molar-refractivity contribution in [1.29, 1.82) is 0 Å². The number of amidine groups is 1. The Morgan fingerprint density at radius 1 is 0.892 bits per heavy atom. The van der Waals surface area contributed by atoms with E-state index in [1.54, 1.807) is 13.0 Å². The zero-order chi connectivity index (χ0) is 26.6. The van der Waals surface area contributed by atoms with Gasteiger partial charge in [-0.15, -0.1) is 0 Å². The first-order valence-electron chi connectivity index (χ1n) is 13.9. The number of hydrogen-bond donors (Lipinski definition) is 2. The van der Waals surface area contributed by atoms with Crippen LogP contribution < -0.4 is 10.6 Å². The van der Waals surface area contributed by atoms with Crippen LogP contribution >= 0.6 is 0 Å². The van der Waals surface area contributed by atoms with Gasteiger partial charge in [-0.3, -0.25) is 9.79 Å². The van der Waals surface area contributed by atoms with Crippen LogP contribution in [0.5, 0.6) is 0 Å². The first-order valence-corrected chi connectivity index (χ1v) is 13.9. The molecule has 0 atom stereocenters. The molecule has 3 rings (SSSR count). The van der Waals surface area contributed by atoms with Crippen molar-refractivity contribution in [2.45, 2.75) is 98.2 Å². The highest BCUT2D eigenvalue weighted by molar-refractivity contribution is 5.90. The fourth-order valence-electron chi connectivity index (χ4n) is 5.02. The van der Waals surface area contributed by atoms with E-state index in [9.17, 15) is 4.79 Å². The van der Waals surface area contributed by atoms with Gasteiger partial charge in [0.25, 0.3) is 0 Å². The zero-order valence-corrected chi connectivity index (χ0v) is 23.4. The van der Waals surface area contributed by atoms with Gasteiger partial charge >= 0.3 is 0 Å². The average Bonchev–Trinajstić information content (AvgIpc) is 2.90. The third kappa shape index (κ3) is 9.77. The SMILES string of the molecule is CCc1ccc(/C(NC(C)=NC2CCC(NCc3ccccc3)CC2)=C(/C)CC/C(C)=C/C(C)=O)cc1. The summed E-state index contributed by atoms with van der Waals surface area (Å²) < 4.78 is 0. The number of nitrogens with zero attached hydrogens (tertiary/aromatic N) is 1. The van der Waals surface area contributed by atoms with E-state index in [1.807, 2.05) is 6.92 Å². The van der Waals surface area contributed by atoms with Crippen LogP contribution in [0.25, 0.3) is 5.70 Å². The summed E-state index contributed by atoms with van der Waals surface area (Å²) in [4.78, 5) is 16.5. The Hall–Kier alpha value is -2.98. The Balaban J connectivity index is 1.63. The van der Waals surface area contributed by atoms with Crippen LogP contribution in [0.15, 0.2) is 76.8 Å². The van der Waals surface area contributed by atoms with Crippen LogP contribution in [0.2, 0.25) is 0 Å². The Bertz CT molecular complexity index is 1090. The summed E-state index contributed by atoms with van der Waals surface area (Å²) >= 11 is 0. The van der Waals surface area contributed by atoms with Gasteiger partial charge < -0.3 is 10.6 Å². The monoisotopic (exact) mass is 499 g/mol. The first kappa shape index (κ1) is 28.6. The number of ketones is 1. The van der Waals surface area contributed by atoms with Crippen LogP contribution in [0.3, 0.4) is 0 Å². The second-order valence-corrected chi connectivity index (χ2v) is 10.5. The van der Waals surface area contributed by atoms with Crippen molar-refractivity contribution in [3.05, 3.63) is 88.5 Å². The second-order valence-electron chi connectivity index (χ2n) is 10.5. The quantitative estimate of drug-likeness (QED) is 0.192. The minimum absolute atomic E-state index is 0.112. The Labute approximate surface area is 224 Å². The molecule has 2 aromatic carbocycles. The predicted octanol–water partition coefficient (Wildman–Crippen LogP) is 7.40. The normalized spacial score (nSPS) is 19.4. The van der Waals surface area contributed by atoms with Crippen LogP contribution in [0.4, 0.5) is 0 Å². The van der Waals surface area contributed by atoms with Crippen LogP contribution in [-0.4, -0.2) is 23.7 Å². The highest BCUT2D eigenvalue weighted by Crippen LogP contribution is 2.24. The summed E-state index contributed by atoms with van der Waals surface area (Å²) in [6, 6.07) is 20.4. The smallest absolute Gasteiger partial charge is 0.152 e. The maximum atomic E-state index is 11.5. The predicted molar refractivity (Wildman–Crippen MR) is 158 cm³/mol. The van der Waals surface area contributed by atoms with E-state index in [0.29, 0.717) is 12.1 Å². The maximum Gasteiger partial charge on any atom is 0.152 e. The number of allylic oxidation sites excluding steroid dienone is 3. The van der Waals surface area contributed by atoms with Gasteiger partial charge in [-0.25, -0.2) is 0 Å². The molecule has 2 aromatic rings. The molecule has 0 radical (unpaired) electrons. The number of aryl methyl sites for hydroxylation is 1. The van der Waals surface area contributed by atoms with Gasteiger partial charge in [0.05, 0.1) is 11.9 Å². The lowest BCUT2D eigenvalue weighted by Gasteiger charge is -2.28. The summed E-state index contributed by atoms with van der Waals surface area (Å²) in [5, 5.41) is 7.40. The van der Waals surface area contributed by atoms with Crippen molar-refractivity contribution in [3.63, 3.8) is 0 Å². The van der Waals surface area contributed by atoms with Crippen molar-refractivity contribution in [1.82, 2.24) is 10.6 Å². The van der Waals surface area contributed by atoms with E-state index in [0.717, 1.165) is 68.6 Å². The van der Waals surface area contributed by atoms with Crippen molar-refractivity contribution < 1.29 is 4.79 Å². The zero-order valence-electron chi connectivity index (χ0n) is 23.4. The molecule has 0 heterocycles. The van der Waals surface area contributed by atoms with Gasteiger partial charge in [0.1, 0.15) is 0 Å². The number of aliphatic imine (C=N–C) groups is 1.